The predicted octanol–water partition coefficient (Wildman–Crippen LogP) is 2.06. The zero-order chi connectivity index (χ0) is 11.7. The minimum atomic E-state index is 0.484. The highest BCUT2D eigenvalue weighted by molar-refractivity contribution is 5.80. The third-order valence-corrected chi connectivity index (χ3v) is 3.57. The SMILES string of the molecule is Nc1ncnc2nc(CC3CCCCC3)[nH]c12. The molecule has 2 heterocycles. The van der Waals surface area contributed by atoms with Crippen molar-refractivity contribution in [1.82, 2.24) is 19.9 Å². The van der Waals surface area contributed by atoms with Crippen molar-refractivity contribution in [3.05, 3.63) is 12.2 Å². The molecular formula is C12H17N5. The minimum absolute atomic E-state index is 0.484. The van der Waals surface area contributed by atoms with Crippen LogP contribution in [0.4, 0.5) is 5.82 Å². The number of nitrogens with two attached hydrogens (primary N) is 1. The summed E-state index contributed by atoms with van der Waals surface area (Å²) in [4.78, 5) is 15.8. The van der Waals surface area contributed by atoms with E-state index in [2.05, 4.69) is 19.9 Å². The topological polar surface area (TPSA) is 80.5 Å². The van der Waals surface area contributed by atoms with E-state index in [1.54, 1.807) is 0 Å². The van der Waals surface area contributed by atoms with Gasteiger partial charge in [0, 0.05) is 6.42 Å². The van der Waals surface area contributed by atoms with Gasteiger partial charge in [-0.05, 0) is 5.92 Å². The Bertz CT molecular complexity index is 513. The fraction of sp³-hybridized carbons (Fsp3) is 0.583. The van der Waals surface area contributed by atoms with Gasteiger partial charge >= 0.3 is 0 Å². The highest BCUT2D eigenvalue weighted by Gasteiger charge is 2.16. The van der Waals surface area contributed by atoms with Gasteiger partial charge in [0.25, 0.3) is 0 Å². The first-order valence-electron chi connectivity index (χ1n) is 6.28. The Morgan fingerprint density at radius 2 is 2.06 bits per heavy atom. The zero-order valence-electron chi connectivity index (χ0n) is 9.82. The van der Waals surface area contributed by atoms with Gasteiger partial charge in [0.1, 0.15) is 17.7 Å². The number of nitrogens with one attached hydrogen (secondary N) is 1. The summed E-state index contributed by atoms with van der Waals surface area (Å²) in [5, 5.41) is 0. The number of anilines is 1. The molecule has 3 rings (SSSR count). The highest BCUT2D eigenvalue weighted by atomic mass is 15.0. The van der Waals surface area contributed by atoms with Crippen molar-refractivity contribution in [2.45, 2.75) is 38.5 Å². The second-order valence-corrected chi connectivity index (χ2v) is 4.85. The van der Waals surface area contributed by atoms with Crippen LogP contribution in [0.25, 0.3) is 11.2 Å². The first-order valence-corrected chi connectivity index (χ1v) is 6.28. The van der Waals surface area contributed by atoms with Crippen LogP contribution >= 0.6 is 0 Å². The van der Waals surface area contributed by atoms with Crippen LogP contribution in [0.5, 0.6) is 0 Å². The minimum Gasteiger partial charge on any atom is -0.382 e. The van der Waals surface area contributed by atoms with Gasteiger partial charge in [0.2, 0.25) is 0 Å². The molecule has 0 aromatic carbocycles. The molecule has 0 saturated heterocycles. The van der Waals surface area contributed by atoms with Crippen LogP contribution in [-0.4, -0.2) is 19.9 Å². The molecule has 0 unspecified atom stereocenters. The number of hydrogen-bond donors (Lipinski definition) is 2. The quantitative estimate of drug-likeness (QED) is 0.829. The van der Waals surface area contributed by atoms with Crippen molar-refractivity contribution in [2.75, 3.05) is 5.73 Å². The molecule has 5 nitrogen and oxygen atoms in total. The lowest BCUT2D eigenvalue weighted by Crippen LogP contribution is -2.10. The van der Waals surface area contributed by atoms with Crippen LogP contribution in [0, 0.1) is 5.92 Å². The molecule has 5 heteroatoms. The molecule has 0 spiro atoms. The van der Waals surface area contributed by atoms with Gasteiger partial charge in [0.15, 0.2) is 11.5 Å². The summed E-state index contributed by atoms with van der Waals surface area (Å²) in [7, 11) is 0. The van der Waals surface area contributed by atoms with Crippen molar-refractivity contribution in [2.24, 2.45) is 5.92 Å². The number of aromatic amines is 1. The molecule has 0 bridgehead atoms. The third-order valence-electron chi connectivity index (χ3n) is 3.57. The molecule has 0 atom stereocenters. The van der Waals surface area contributed by atoms with E-state index in [9.17, 15) is 0 Å². The van der Waals surface area contributed by atoms with E-state index in [1.165, 1.54) is 38.4 Å². The Balaban J connectivity index is 1.83. The van der Waals surface area contributed by atoms with Crippen molar-refractivity contribution >= 4 is 17.0 Å². The molecule has 2 aromatic heterocycles. The molecule has 1 fully saturated rings. The predicted molar refractivity (Wildman–Crippen MR) is 66.4 cm³/mol. The molecule has 0 radical (unpaired) electrons. The number of aromatic nitrogens is 4. The Morgan fingerprint density at radius 1 is 1.24 bits per heavy atom. The molecular weight excluding hydrogens is 214 g/mol. The number of imidazole rings is 1. The van der Waals surface area contributed by atoms with Gasteiger partial charge in [-0.1, -0.05) is 32.1 Å². The van der Waals surface area contributed by atoms with E-state index in [0.29, 0.717) is 11.5 Å². The normalized spacial score (nSPS) is 17.6. The maximum Gasteiger partial charge on any atom is 0.183 e. The molecule has 0 amide bonds. The molecule has 90 valence electrons. The van der Waals surface area contributed by atoms with Gasteiger partial charge in [-0.2, -0.15) is 0 Å². The standard InChI is InChI=1S/C12H17N5/c13-11-10-12(15-7-14-11)17-9(16-10)6-8-4-2-1-3-5-8/h7-8H,1-6H2,(H3,13,14,15,16,17). The molecule has 1 aliphatic carbocycles. The summed E-state index contributed by atoms with van der Waals surface area (Å²) in [6, 6.07) is 0. The lowest BCUT2D eigenvalue weighted by Gasteiger charge is -2.20. The lowest BCUT2D eigenvalue weighted by atomic mass is 9.87. The molecule has 2 aromatic rings. The summed E-state index contributed by atoms with van der Waals surface area (Å²) in [5.41, 5.74) is 7.24. The van der Waals surface area contributed by atoms with Gasteiger partial charge in [-0.25, -0.2) is 15.0 Å². The summed E-state index contributed by atoms with van der Waals surface area (Å²) >= 11 is 0. The highest BCUT2D eigenvalue weighted by Crippen LogP contribution is 2.26. The van der Waals surface area contributed by atoms with Gasteiger partial charge in [-0.3, -0.25) is 0 Å². The van der Waals surface area contributed by atoms with Gasteiger partial charge in [0.05, 0.1) is 0 Å². The van der Waals surface area contributed by atoms with Crippen molar-refractivity contribution < 1.29 is 0 Å². The number of nitrogen functional groups attached to an aromatic ring is 1. The fourth-order valence-electron chi connectivity index (χ4n) is 2.66. The fourth-order valence-corrected chi connectivity index (χ4v) is 2.66. The number of fused-ring (bicyclic) bond motifs is 1. The number of rotatable bonds is 2. The van der Waals surface area contributed by atoms with Crippen LogP contribution in [0.3, 0.4) is 0 Å². The summed E-state index contributed by atoms with van der Waals surface area (Å²) < 4.78 is 0. The molecule has 1 saturated carbocycles. The zero-order valence-corrected chi connectivity index (χ0v) is 9.82. The van der Waals surface area contributed by atoms with Crippen molar-refractivity contribution in [3.8, 4) is 0 Å². The summed E-state index contributed by atoms with van der Waals surface area (Å²) in [6.45, 7) is 0. The maximum atomic E-state index is 5.78. The van der Waals surface area contributed by atoms with Crippen LogP contribution in [0.2, 0.25) is 0 Å². The van der Waals surface area contributed by atoms with E-state index >= 15 is 0 Å². The number of hydrogen-bond acceptors (Lipinski definition) is 4. The smallest absolute Gasteiger partial charge is 0.183 e. The van der Waals surface area contributed by atoms with E-state index < -0.39 is 0 Å². The molecule has 0 aliphatic heterocycles. The first-order chi connectivity index (χ1) is 8.33. The summed E-state index contributed by atoms with van der Waals surface area (Å²) in [6.07, 6.45) is 9.20. The Kier molecular flexibility index (Phi) is 2.66. The Morgan fingerprint density at radius 3 is 2.82 bits per heavy atom. The van der Waals surface area contributed by atoms with Crippen LogP contribution in [0.1, 0.15) is 37.9 Å². The molecule has 17 heavy (non-hydrogen) atoms. The summed E-state index contributed by atoms with van der Waals surface area (Å²) in [5.74, 6) is 2.25. The van der Waals surface area contributed by atoms with Crippen LogP contribution < -0.4 is 5.73 Å². The monoisotopic (exact) mass is 231 g/mol. The largest absolute Gasteiger partial charge is 0.382 e. The Hall–Kier alpha value is -1.65. The van der Waals surface area contributed by atoms with Gasteiger partial charge < -0.3 is 10.7 Å². The first kappa shape index (κ1) is 10.5. The number of H-pyrrole nitrogens is 1. The second kappa shape index (κ2) is 4.31. The number of nitrogens with zero attached hydrogens (tertiary/aromatic N) is 3. The maximum absolute atomic E-state index is 5.78. The van der Waals surface area contributed by atoms with Crippen LogP contribution in [0.15, 0.2) is 6.33 Å². The Labute approximate surface area is 99.9 Å². The van der Waals surface area contributed by atoms with E-state index in [4.69, 9.17) is 5.73 Å². The lowest BCUT2D eigenvalue weighted by molar-refractivity contribution is 0.352. The van der Waals surface area contributed by atoms with Crippen LogP contribution in [-0.2, 0) is 6.42 Å². The third kappa shape index (κ3) is 2.09. The second-order valence-electron chi connectivity index (χ2n) is 4.85. The van der Waals surface area contributed by atoms with Crippen molar-refractivity contribution in [1.29, 1.82) is 0 Å². The average molecular weight is 231 g/mol. The average Bonchev–Trinajstić information content (AvgIpc) is 2.74. The van der Waals surface area contributed by atoms with E-state index in [0.717, 1.165) is 23.7 Å². The van der Waals surface area contributed by atoms with E-state index in [-0.39, 0.29) is 0 Å². The van der Waals surface area contributed by atoms with Gasteiger partial charge in [-0.15, -0.1) is 0 Å². The molecule has 3 N–H and O–H groups in total. The van der Waals surface area contributed by atoms with Crippen molar-refractivity contribution in [3.63, 3.8) is 0 Å². The van der Waals surface area contributed by atoms with E-state index in [1.807, 2.05) is 0 Å². The molecule has 1 aliphatic rings.